The van der Waals surface area contributed by atoms with Crippen molar-refractivity contribution in [2.75, 3.05) is 51.4 Å². The van der Waals surface area contributed by atoms with E-state index in [1.54, 1.807) is 12.4 Å². The lowest BCUT2D eigenvalue weighted by Gasteiger charge is -2.11. The summed E-state index contributed by atoms with van der Waals surface area (Å²) in [6, 6.07) is 1.86. The molecule has 5 nitrogen and oxygen atoms in total. The van der Waals surface area contributed by atoms with Crippen LogP contribution in [0.15, 0.2) is 18.5 Å². The number of likely N-dealkylation sites (N-methyl/N-ethyl adjacent to an activating group) is 1. The second-order valence-corrected chi connectivity index (χ2v) is 3.81. The first-order valence-electron chi connectivity index (χ1n) is 5.36. The third-order valence-electron chi connectivity index (χ3n) is 2.10. The number of nitrogen functional groups attached to an aromatic ring is 1. The minimum Gasteiger partial charge on any atom is -0.396 e. The predicted molar refractivity (Wildman–Crippen MR) is 66.5 cm³/mol. The van der Waals surface area contributed by atoms with E-state index in [9.17, 15) is 0 Å². The van der Waals surface area contributed by atoms with Crippen LogP contribution in [0.2, 0.25) is 0 Å². The maximum Gasteiger partial charge on any atom is 0.0736 e. The third-order valence-corrected chi connectivity index (χ3v) is 2.10. The number of pyridine rings is 1. The van der Waals surface area contributed by atoms with Gasteiger partial charge in [0.15, 0.2) is 0 Å². The topological polar surface area (TPSA) is 63.4 Å². The van der Waals surface area contributed by atoms with E-state index >= 15 is 0 Å². The summed E-state index contributed by atoms with van der Waals surface area (Å²) in [6.45, 7) is 3.12. The van der Waals surface area contributed by atoms with E-state index in [-0.39, 0.29) is 0 Å². The highest BCUT2D eigenvalue weighted by molar-refractivity contribution is 5.64. The van der Waals surface area contributed by atoms with Crippen LogP contribution >= 0.6 is 0 Å². The van der Waals surface area contributed by atoms with Gasteiger partial charge >= 0.3 is 0 Å². The number of aromatic nitrogens is 1. The van der Waals surface area contributed by atoms with Gasteiger partial charge in [0, 0.05) is 19.3 Å². The minimum absolute atomic E-state index is 0.663. The number of ether oxygens (including phenoxy) is 1. The van der Waals surface area contributed by atoms with Gasteiger partial charge in [-0.1, -0.05) is 0 Å². The highest BCUT2D eigenvalue weighted by Crippen LogP contribution is 2.14. The summed E-state index contributed by atoms with van der Waals surface area (Å²) in [7, 11) is 4.05. The molecule has 3 N–H and O–H groups in total. The molecule has 0 atom stereocenters. The fourth-order valence-electron chi connectivity index (χ4n) is 1.17. The second kappa shape index (κ2) is 7.03. The van der Waals surface area contributed by atoms with E-state index in [1.807, 2.05) is 20.2 Å². The molecule has 90 valence electrons. The molecule has 16 heavy (non-hydrogen) atoms. The summed E-state index contributed by atoms with van der Waals surface area (Å²) >= 11 is 0. The van der Waals surface area contributed by atoms with Crippen molar-refractivity contribution >= 4 is 11.4 Å². The van der Waals surface area contributed by atoms with Crippen molar-refractivity contribution in [1.82, 2.24) is 9.88 Å². The normalized spacial score (nSPS) is 10.7. The largest absolute Gasteiger partial charge is 0.396 e. The second-order valence-electron chi connectivity index (χ2n) is 3.81. The van der Waals surface area contributed by atoms with Crippen molar-refractivity contribution in [3.8, 4) is 0 Å². The Kier molecular flexibility index (Phi) is 5.60. The molecule has 1 aromatic heterocycles. The van der Waals surface area contributed by atoms with Gasteiger partial charge in [-0.3, -0.25) is 4.98 Å². The molecule has 0 aliphatic rings. The molecule has 1 aromatic rings. The van der Waals surface area contributed by atoms with Gasteiger partial charge in [0.25, 0.3) is 0 Å². The van der Waals surface area contributed by atoms with Gasteiger partial charge in [-0.15, -0.1) is 0 Å². The number of nitrogens with zero attached hydrogens (tertiary/aromatic N) is 2. The highest BCUT2D eigenvalue weighted by atomic mass is 16.5. The Labute approximate surface area is 96.6 Å². The first-order chi connectivity index (χ1) is 7.70. The van der Waals surface area contributed by atoms with E-state index in [0.29, 0.717) is 12.3 Å². The molecule has 0 bridgehead atoms. The van der Waals surface area contributed by atoms with Gasteiger partial charge in [0.1, 0.15) is 0 Å². The number of rotatable bonds is 7. The zero-order valence-corrected chi connectivity index (χ0v) is 9.94. The van der Waals surface area contributed by atoms with Crippen molar-refractivity contribution in [2.24, 2.45) is 0 Å². The Morgan fingerprint density at radius 2 is 2.25 bits per heavy atom. The van der Waals surface area contributed by atoms with E-state index in [4.69, 9.17) is 10.5 Å². The molecule has 5 heteroatoms. The van der Waals surface area contributed by atoms with Gasteiger partial charge in [-0.05, 0) is 20.2 Å². The van der Waals surface area contributed by atoms with Gasteiger partial charge in [-0.25, -0.2) is 0 Å². The molecule has 1 rings (SSSR count). The number of anilines is 2. The van der Waals surface area contributed by atoms with Crippen LogP contribution in [0.4, 0.5) is 11.4 Å². The molecule has 0 saturated carbocycles. The van der Waals surface area contributed by atoms with Crippen LogP contribution in [0.3, 0.4) is 0 Å². The quantitative estimate of drug-likeness (QED) is 0.666. The molecule has 0 unspecified atom stereocenters. The summed E-state index contributed by atoms with van der Waals surface area (Å²) in [5.74, 6) is 0. The Bertz CT molecular complexity index is 304. The zero-order valence-electron chi connectivity index (χ0n) is 9.94. The molecule has 0 aliphatic heterocycles. The van der Waals surface area contributed by atoms with Crippen molar-refractivity contribution < 1.29 is 4.74 Å². The number of hydrogen-bond donors (Lipinski definition) is 2. The molecule has 0 saturated heterocycles. The molecule has 0 amide bonds. The molecular weight excluding hydrogens is 204 g/mol. The summed E-state index contributed by atoms with van der Waals surface area (Å²) in [5, 5.41) is 3.20. The van der Waals surface area contributed by atoms with Crippen LogP contribution in [0.1, 0.15) is 0 Å². The number of nitrogens with two attached hydrogens (primary N) is 1. The number of hydrogen-bond acceptors (Lipinski definition) is 5. The van der Waals surface area contributed by atoms with Gasteiger partial charge < -0.3 is 20.7 Å². The summed E-state index contributed by atoms with van der Waals surface area (Å²) in [6.07, 6.45) is 3.35. The highest BCUT2D eigenvalue weighted by Gasteiger charge is 1.96. The maximum atomic E-state index is 5.73. The van der Waals surface area contributed by atoms with E-state index in [2.05, 4.69) is 15.2 Å². The Morgan fingerprint density at radius 3 is 2.94 bits per heavy atom. The predicted octanol–water partition coefficient (Wildman–Crippen LogP) is 0.654. The molecule has 0 aliphatic carbocycles. The van der Waals surface area contributed by atoms with E-state index in [1.165, 1.54) is 0 Å². The van der Waals surface area contributed by atoms with Gasteiger partial charge in [0.05, 0.1) is 30.8 Å². The first-order valence-corrected chi connectivity index (χ1v) is 5.36. The maximum absolute atomic E-state index is 5.73. The SMILES string of the molecule is CN(C)CCOCCNc1ccncc1N. The average Bonchev–Trinajstić information content (AvgIpc) is 2.25. The molecule has 0 radical (unpaired) electrons. The van der Waals surface area contributed by atoms with Crippen LogP contribution in [0.25, 0.3) is 0 Å². The van der Waals surface area contributed by atoms with Crippen LogP contribution in [0, 0.1) is 0 Å². The summed E-state index contributed by atoms with van der Waals surface area (Å²) in [4.78, 5) is 6.01. The fourth-order valence-corrected chi connectivity index (χ4v) is 1.17. The minimum atomic E-state index is 0.663. The van der Waals surface area contributed by atoms with Crippen molar-refractivity contribution in [1.29, 1.82) is 0 Å². The standard InChI is InChI=1S/C11H20N4O/c1-15(2)6-8-16-7-5-14-11-3-4-13-9-10(11)12/h3-4,9H,5-8,12H2,1-2H3,(H,13,14). The molecule has 0 fully saturated rings. The van der Waals surface area contributed by atoms with Crippen molar-refractivity contribution in [3.05, 3.63) is 18.5 Å². The molecular formula is C11H20N4O. The lowest BCUT2D eigenvalue weighted by Crippen LogP contribution is -2.20. The van der Waals surface area contributed by atoms with E-state index in [0.717, 1.165) is 25.4 Å². The van der Waals surface area contributed by atoms with Crippen molar-refractivity contribution in [2.45, 2.75) is 0 Å². The van der Waals surface area contributed by atoms with Crippen LogP contribution in [-0.4, -0.2) is 50.3 Å². The van der Waals surface area contributed by atoms with Crippen LogP contribution in [-0.2, 0) is 4.74 Å². The monoisotopic (exact) mass is 224 g/mol. The molecule has 1 heterocycles. The lowest BCUT2D eigenvalue weighted by atomic mass is 10.3. The van der Waals surface area contributed by atoms with Gasteiger partial charge in [0.2, 0.25) is 0 Å². The summed E-state index contributed by atoms with van der Waals surface area (Å²) < 4.78 is 5.45. The first kappa shape index (κ1) is 12.7. The Hall–Kier alpha value is -1.33. The molecule has 0 spiro atoms. The lowest BCUT2D eigenvalue weighted by molar-refractivity contribution is 0.126. The van der Waals surface area contributed by atoms with Crippen molar-refractivity contribution in [3.63, 3.8) is 0 Å². The van der Waals surface area contributed by atoms with Crippen LogP contribution in [0.5, 0.6) is 0 Å². The summed E-state index contributed by atoms with van der Waals surface area (Å²) in [5.41, 5.74) is 7.30. The average molecular weight is 224 g/mol. The van der Waals surface area contributed by atoms with Gasteiger partial charge in [-0.2, -0.15) is 0 Å². The third kappa shape index (κ3) is 4.95. The zero-order chi connectivity index (χ0) is 11.8. The molecule has 0 aromatic carbocycles. The fraction of sp³-hybridized carbons (Fsp3) is 0.545. The Balaban J connectivity index is 2.10. The van der Waals surface area contributed by atoms with E-state index < -0.39 is 0 Å². The smallest absolute Gasteiger partial charge is 0.0736 e. The number of nitrogens with one attached hydrogen (secondary N) is 1. The Morgan fingerprint density at radius 1 is 1.44 bits per heavy atom. The van der Waals surface area contributed by atoms with Crippen LogP contribution < -0.4 is 11.1 Å².